The van der Waals surface area contributed by atoms with E-state index in [0.29, 0.717) is 15.8 Å². The van der Waals surface area contributed by atoms with Gasteiger partial charge >= 0.3 is 0 Å². The van der Waals surface area contributed by atoms with Gasteiger partial charge in [-0.2, -0.15) is 0 Å². The Kier molecular flexibility index (Phi) is 3.14. The molecule has 3 heteroatoms. The fourth-order valence-corrected chi connectivity index (χ4v) is 1.33. The Hall–Kier alpha value is -1.18. The molecule has 0 saturated heterocycles. The van der Waals surface area contributed by atoms with Gasteiger partial charge < -0.3 is 4.74 Å². The predicted octanol–water partition coefficient (Wildman–Crippen LogP) is 4.59. The lowest BCUT2D eigenvalue weighted by Crippen LogP contribution is -1.83. The first-order chi connectivity index (χ1) is 7.24. The number of rotatable bonds is 2. The fraction of sp³-hybridized carbons (Fsp3) is 0. The molecule has 1 radical (unpaired) electrons. The van der Waals surface area contributed by atoms with Crippen molar-refractivity contribution in [2.45, 2.75) is 0 Å². The van der Waals surface area contributed by atoms with Crippen molar-refractivity contribution in [3.63, 3.8) is 0 Å². The first-order valence-corrected chi connectivity index (χ1v) is 5.10. The lowest BCUT2D eigenvalue weighted by atomic mass is 10.3. The standard InChI is InChI=1S/C12H7Cl2O/c13-9-1-5-11(6-2-9)15-12-7-3-10(14)4-8-12/h1-7H. The molecular formula is C12H7Cl2O. The van der Waals surface area contributed by atoms with E-state index in [0.717, 1.165) is 5.75 Å². The molecule has 2 rings (SSSR count). The quantitative estimate of drug-likeness (QED) is 0.743. The molecule has 0 aromatic heterocycles. The van der Waals surface area contributed by atoms with Crippen LogP contribution in [-0.4, -0.2) is 0 Å². The van der Waals surface area contributed by atoms with Gasteiger partial charge in [0.1, 0.15) is 11.5 Å². The topological polar surface area (TPSA) is 9.23 Å². The smallest absolute Gasteiger partial charge is 0.135 e. The molecule has 0 aliphatic rings. The van der Waals surface area contributed by atoms with E-state index < -0.39 is 0 Å². The van der Waals surface area contributed by atoms with E-state index in [-0.39, 0.29) is 0 Å². The van der Waals surface area contributed by atoms with E-state index in [1.165, 1.54) is 0 Å². The molecule has 0 fully saturated rings. The zero-order valence-corrected chi connectivity index (χ0v) is 9.22. The Bertz CT molecular complexity index is 391. The maximum Gasteiger partial charge on any atom is 0.135 e. The largest absolute Gasteiger partial charge is 0.457 e. The molecule has 0 spiro atoms. The van der Waals surface area contributed by atoms with Gasteiger partial charge in [-0.3, -0.25) is 0 Å². The molecule has 2 aromatic carbocycles. The van der Waals surface area contributed by atoms with Crippen molar-refractivity contribution in [2.75, 3.05) is 0 Å². The molecule has 0 saturated carbocycles. The Balaban J connectivity index is 2.15. The summed E-state index contributed by atoms with van der Waals surface area (Å²) in [5, 5.41) is 1.32. The van der Waals surface area contributed by atoms with Gasteiger partial charge in [-0.1, -0.05) is 23.2 Å². The summed E-state index contributed by atoms with van der Waals surface area (Å²) in [4.78, 5) is 0. The minimum Gasteiger partial charge on any atom is -0.457 e. The fourth-order valence-electron chi connectivity index (χ4n) is 1.08. The second-order valence-corrected chi connectivity index (χ2v) is 3.80. The van der Waals surface area contributed by atoms with Crippen LogP contribution in [0.15, 0.2) is 42.5 Å². The summed E-state index contributed by atoms with van der Waals surface area (Å²) in [5.74, 6) is 1.35. The van der Waals surface area contributed by atoms with Crippen LogP contribution in [0.5, 0.6) is 11.5 Å². The minimum atomic E-state index is 0.627. The molecule has 1 nitrogen and oxygen atoms in total. The highest BCUT2D eigenvalue weighted by atomic mass is 35.5. The van der Waals surface area contributed by atoms with Crippen LogP contribution in [0.2, 0.25) is 10.0 Å². The number of hydrogen-bond acceptors (Lipinski definition) is 1. The van der Waals surface area contributed by atoms with Crippen molar-refractivity contribution < 1.29 is 4.74 Å². The Labute approximate surface area is 98.2 Å². The molecule has 0 aliphatic heterocycles. The van der Waals surface area contributed by atoms with Crippen molar-refractivity contribution in [3.05, 3.63) is 58.6 Å². The first kappa shape index (κ1) is 10.3. The second-order valence-electron chi connectivity index (χ2n) is 2.93. The van der Waals surface area contributed by atoms with Crippen molar-refractivity contribution in [1.82, 2.24) is 0 Å². The van der Waals surface area contributed by atoms with Crippen LogP contribution in [0.25, 0.3) is 0 Å². The Morgan fingerprint density at radius 1 is 0.867 bits per heavy atom. The van der Waals surface area contributed by atoms with E-state index in [2.05, 4.69) is 6.07 Å². The van der Waals surface area contributed by atoms with Crippen LogP contribution in [-0.2, 0) is 0 Å². The van der Waals surface area contributed by atoms with Crippen LogP contribution < -0.4 is 4.74 Å². The summed E-state index contributed by atoms with van der Waals surface area (Å²) >= 11 is 11.5. The molecule has 0 aliphatic carbocycles. The molecular weight excluding hydrogens is 231 g/mol. The van der Waals surface area contributed by atoms with Gasteiger partial charge in [0.05, 0.1) is 0 Å². The molecule has 0 unspecified atom stereocenters. The first-order valence-electron chi connectivity index (χ1n) is 4.35. The summed E-state index contributed by atoms with van der Waals surface area (Å²) in [6, 6.07) is 15.2. The second kappa shape index (κ2) is 4.56. The van der Waals surface area contributed by atoms with E-state index >= 15 is 0 Å². The van der Waals surface area contributed by atoms with Crippen LogP contribution in [0.4, 0.5) is 0 Å². The van der Waals surface area contributed by atoms with Gasteiger partial charge in [0.25, 0.3) is 0 Å². The highest BCUT2D eigenvalue weighted by Gasteiger charge is 1.97. The average molecular weight is 238 g/mol. The third-order valence-corrected chi connectivity index (χ3v) is 2.27. The van der Waals surface area contributed by atoms with E-state index in [9.17, 15) is 0 Å². The maximum absolute atomic E-state index is 5.75. The van der Waals surface area contributed by atoms with Crippen LogP contribution in [0.1, 0.15) is 0 Å². The number of ether oxygens (including phenoxy) is 1. The summed E-state index contributed by atoms with van der Waals surface area (Å²) in [6.07, 6.45) is 0. The highest BCUT2D eigenvalue weighted by molar-refractivity contribution is 6.30. The number of hydrogen-bond donors (Lipinski definition) is 0. The molecule has 0 atom stereocenters. The third-order valence-electron chi connectivity index (χ3n) is 1.79. The molecule has 75 valence electrons. The molecule has 15 heavy (non-hydrogen) atoms. The molecule has 0 heterocycles. The van der Waals surface area contributed by atoms with Gasteiger partial charge in [-0.25, -0.2) is 0 Å². The zero-order valence-electron chi connectivity index (χ0n) is 7.71. The summed E-state index contributed by atoms with van der Waals surface area (Å²) in [7, 11) is 0. The van der Waals surface area contributed by atoms with Crippen molar-refractivity contribution in [3.8, 4) is 11.5 Å². The summed E-state index contributed by atoms with van der Waals surface area (Å²) < 4.78 is 5.52. The van der Waals surface area contributed by atoms with Crippen molar-refractivity contribution >= 4 is 23.2 Å². The zero-order chi connectivity index (χ0) is 10.7. The predicted molar refractivity (Wildman–Crippen MR) is 61.8 cm³/mol. The number of benzene rings is 2. The minimum absolute atomic E-state index is 0.627. The van der Waals surface area contributed by atoms with E-state index in [1.54, 1.807) is 42.5 Å². The van der Waals surface area contributed by atoms with Gasteiger partial charge in [0.2, 0.25) is 0 Å². The van der Waals surface area contributed by atoms with Gasteiger partial charge in [-0.15, -0.1) is 0 Å². The summed E-state index contributed by atoms with van der Waals surface area (Å²) in [6.45, 7) is 0. The lowest BCUT2D eigenvalue weighted by molar-refractivity contribution is 0.481. The van der Waals surface area contributed by atoms with Gasteiger partial charge in [-0.05, 0) is 42.5 Å². The van der Waals surface area contributed by atoms with Crippen LogP contribution in [0, 0.1) is 6.07 Å². The van der Waals surface area contributed by atoms with Crippen molar-refractivity contribution in [2.24, 2.45) is 0 Å². The third kappa shape index (κ3) is 2.88. The normalized spacial score (nSPS) is 10.0. The molecule has 0 N–H and O–H groups in total. The lowest BCUT2D eigenvalue weighted by Gasteiger charge is -2.04. The average Bonchev–Trinajstić information content (AvgIpc) is 2.25. The van der Waals surface area contributed by atoms with Gasteiger partial charge in [0, 0.05) is 16.1 Å². The molecule has 0 bridgehead atoms. The molecule has 2 aromatic rings. The number of halogens is 2. The monoisotopic (exact) mass is 237 g/mol. The SMILES string of the molecule is Clc1c[c]c(Oc2ccc(Cl)cc2)cc1. The molecule has 0 amide bonds. The van der Waals surface area contributed by atoms with E-state index in [4.69, 9.17) is 27.9 Å². The summed E-state index contributed by atoms with van der Waals surface area (Å²) in [5.41, 5.74) is 0. The maximum atomic E-state index is 5.75. The van der Waals surface area contributed by atoms with Crippen LogP contribution in [0.3, 0.4) is 0 Å². The van der Waals surface area contributed by atoms with E-state index in [1.807, 2.05) is 0 Å². The van der Waals surface area contributed by atoms with Crippen LogP contribution >= 0.6 is 23.2 Å². The Morgan fingerprint density at radius 3 is 2.13 bits per heavy atom. The van der Waals surface area contributed by atoms with Crippen molar-refractivity contribution in [1.29, 1.82) is 0 Å². The highest BCUT2D eigenvalue weighted by Crippen LogP contribution is 2.23. The Morgan fingerprint density at radius 2 is 1.53 bits per heavy atom. The van der Waals surface area contributed by atoms with Gasteiger partial charge in [0.15, 0.2) is 0 Å².